The van der Waals surface area contributed by atoms with Gasteiger partial charge in [-0.1, -0.05) is 12.1 Å². The van der Waals surface area contributed by atoms with Gasteiger partial charge in [0.15, 0.2) is 0 Å². The Bertz CT molecular complexity index is 700. The van der Waals surface area contributed by atoms with Gasteiger partial charge in [0.2, 0.25) is 15.9 Å². The lowest BCUT2D eigenvalue weighted by molar-refractivity contribution is -0.125. The van der Waals surface area contributed by atoms with Crippen LogP contribution in [0.5, 0.6) is 0 Å². The first-order valence-electron chi connectivity index (χ1n) is 6.95. The standard InChI is InChI=1S/C15H19FN2O3S/c1-11(12-4-3-5-13(16)9-12)8-15(19)18-7-6-14(10-18)17-22(2,20)21/h3-5,8-9,14,17H,6-7,10H2,1-2H3/b11-8+/t14-/m0/s1. The number of rotatable bonds is 4. The number of benzene rings is 1. The quantitative estimate of drug-likeness (QED) is 0.850. The predicted octanol–water partition coefficient (Wildman–Crippen LogP) is 1.38. The van der Waals surface area contributed by atoms with E-state index in [1.165, 1.54) is 18.2 Å². The molecule has 1 aromatic carbocycles. The van der Waals surface area contributed by atoms with Gasteiger partial charge in [0.05, 0.1) is 6.26 Å². The maximum absolute atomic E-state index is 13.2. The molecule has 120 valence electrons. The first kappa shape index (κ1) is 16.6. The Morgan fingerprint density at radius 2 is 2.18 bits per heavy atom. The van der Waals surface area contributed by atoms with Crippen molar-refractivity contribution in [2.45, 2.75) is 19.4 Å². The molecule has 1 fully saturated rings. The molecule has 1 amide bonds. The van der Waals surface area contributed by atoms with Crippen molar-refractivity contribution in [3.63, 3.8) is 0 Å². The molecule has 1 atom stereocenters. The molecule has 5 nitrogen and oxygen atoms in total. The third kappa shape index (κ3) is 4.64. The zero-order valence-corrected chi connectivity index (χ0v) is 13.4. The maximum atomic E-state index is 13.2. The second-order valence-corrected chi connectivity index (χ2v) is 7.28. The van der Waals surface area contributed by atoms with E-state index in [0.717, 1.165) is 6.26 Å². The molecule has 0 bridgehead atoms. The van der Waals surface area contributed by atoms with Crippen LogP contribution in [0, 0.1) is 5.82 Å². The molecular formula is C15H19FN2O3S. The second kappa shape index (κ2) is 6.58. The van der Waals surface area contributed by atoms with Crippen molar-refractivity contribution in [3.05, 3.63) is 41.7 Å². The Morgan fingerprint density at radius 1 is 1.45 bits per heavy atom. The van der Waals surface area contributed by atoms with E-state index in [1.54, 1.807) is 24.0 Å². The summed E-state index contributed by atoms with van der Waals surface area (Å²) in [6, 6.07) is 5.80. The van der Waals surface area contributed by atoms with Crippen molar-refractivity contribution in [1.29, 1.82) is 0 Å². The number of nitrogens with zero attached hydrogens (tertiary/aromatic N) is 1. The minimum absolute atomic E-state index is 0.195. The molecule has 0 unspecified atom stereocenters. The van der Waals surface area contributed by atoms with Crippen LogP contribution in [0.15, 0.2) is 30.3 Å². The van der Waals surface area contributed by atoms with Crippen LogP contribution in [0.25, 0.3) is 5.57 Å². The minimum atomic E-state index is -3.27. The molecule has 0 aromatic heterocycles. The van der Waals surface area contributed by atoms with Gasteiger partial charge in [0, 0.05) is 25.2 Å². The van der Waals surface area contributed by atoms with Gasteiger partial charge in [-0.3, -0.25) is 4.79 Å². The van der Waals surface area contributed by atoms with Gasteiger partial charge >= 0.3 is 0 Å². The molecule has 0 aliphatic carbocycles. The van der Waals surface area contributed by atoms with Crippen molar-refractivity contribution >= 4 is 21.5 Å². The topological polar surface area (TPSA) is 66.5 Å². The summed E-state index contributed by atoms with van der Waals surface area (Å²) < 4.78 is 38.1. The lowest BCUT2D eigenvalue weighted by Crippen LogP contribution is -2.37. The largest absolute Gasteiger partial charge is 0.337 e. The number of hydrogen-bond donors (Lipinski definition) is 1. The van der Waals surface area contributed by atoms with Crippen LogP contribution in [0.4, 0.5) is 4.39 Å². The predicted molar refractivity (Wildman–Crippen MR) is 83.0 cm³/mol. The summed E-state index contributed by atoms with van der Waals surface area (Å²) in [5.41, 5.74) is 1.32. The lowest BCUT2D eigenvalue weighted by Gasteiger charge is -2.15. The first-order valence-corrected chi connectivity index (χ1v) is 8.84. The summed E-state index contributed by atoms with van der Waals surface area (Å²) in [7, 11) is -3.27. The highest BCUT2D eigenvalue weighted by molar-refractivity contribution is 7.88. The van der Waals surface area contributed by atoms with Gasteiger partial charge in [-0.25, -0.2) is 17.5 Å². The fourth-order valence-electron chi connectivity index (χ4n) is 2.45. The van der Waals surface area contributed by atoms with Crippen molar-refractivity contribution in [2.75, 3.05) is 19.3 Å². The maximum Gasteiger partial charge on any atom is 0.246 e. The van der Waals surface area contributed by atoms with Crippen molar-refractivity contribution in [2.24, 2.45) is 0 Å². The molecule has 7 heteroatoms. The summed E-state index contributed by atoms with van der Waals surface area (Å²) in [6.07, 6.45) is 3.15. The van der Waals surface area contributed by atoms with Crippen molar-refractivity contribution in [3.8, 4) is 0 Å². The molecule has 1 aliphatic rings. The number of likely N-dealkylation sites (tertiary alicyclic amines) is 1. The van der Waals surface area contributed by atoms with Crippen LogP contribution in [0.3, 0.4) is 0 Å². The molecule has 1 saturated heterocycles. The molecule has 1 aliphatic heterocycles. The minimum Gasteiger partial charge on any atom is -0.337 e. The van der Waals surface area contributed by atoms with Crippen LogP contribution >= 0.6 is 0 Å². The number of amides is 1. The zero-order valence-electron chi connectivity index (χ0n) is 12.5. The number of carbonyl (C=O) groups excluding carboxylic acids is 1. The molecule has 22 heavy (non-hydrogen) atoms. The number of allylic oxidation sites excluding steroid dienone is 1. The molecule has 2 rings (SSSR count). The van der Waals surface area contributed by atoms with E-state index in [4.69, 9.17) is 0 Å². The molecule has 0 saturated carbocycles. The van der Waals surface area contributed by atoms with E-state index in [0.29, 0.717) is 30.6 Å². The molecule has 0 spiro atoms. The van der Waals surface area contributed by atoms with Crippen LogP contribution in [0.1, 0.15) is 18.9 Å². The van der Waals surface area contributed by atoms with Crippen LogP contribution in [-0.4, -0.2) is 44.6 Å². The molecule has 1 heterocycles. The van der Waals surface area contributed by atoms with E-state index >= 15 is 0 Å². The van der Waals surface area contributed by atoms with Crippen molar-refractivity contribution < 1.29 is 17.6 Å². The highest BCUT2D eigenvalue weighted by Gasteiger charge is 2.27. The van der Waals surface area contributed by atoms with Gasteiger partial charge in [0.25, 0.3) is 0 Å². The number of nitrogens with one attached hydrogen (secondary N) is 1. The Hall–Kier alpha value is -1.73. The monoisotopic (exact) mass is 326 g/mol. The summed E-state index contributed by atoms with van der Waals surface area (Å²) in [5.74, 6) is -0.546. The van der Waals surface area contributed by atoms with Gasteiger partial charge in [-0.15, -0.1) is 0 Å². The molecule has 1 aromatic rings. The third-order valence-electron chi connectivity index (χ3n) is 3.50. The number of hydrogen-bond acceptors (Lipinski definition) is 3. The lowest BCUT2D eigenvalue weighted by atomic mass is 10.1. The van der Waals surface area contributed by atoms with Crippen LogP contribution < -0.4 is 4.72 Å². The van der Waals surface area contributed by atoms with Gasteiger partial charge in [-0.05, 0) is 36.6 Å². The smallest absolute Gasteiger partial charge is 0.246 e. The average Bonchev–Trinajstić information content (AvgIpc) is 2.85. The highest BCUT2D eigenvalue weighted by atomic mass is 32.2. The number of carbonyl (C=O) groups is 1. The van der Waals surface area contributed by atoms with Gasteiger partial charge in [0.1, 0.15) is 5.82 Å². The Labute approximate surface area is 129 Å². The fraction of sp³-hybridized carbons (Fsp3) is 0.400. The van der Waals surface area contributed by atoms with E-state index in [2.05, 4.69) is 4.72 Å². The van der Waals surface area contributed by atoms with E-state index < -0.39 is 10.0 Å². The first-order chi connectivity index (χ1) is 10.2. The summed E-state index contributed by atoms with van der Waals surface area (Å²) in [5, 5.41) is 0. The third-order valence-corrected chi connectivity index (χ3v) is 4.26. The SMILES string of the molecule is C/C(=C\C(=O)N1CC[C@H](NS(C)(=O)=O)C1)c1cccc(F)c1. The zero-order chi connectivity index (χ0) is 16.3. The van der Waals surface area contributed by atoms with Crippen molar-refractivity contribution in [1.82, 2.24) is 9.62 Å². The van der Waals surface area contributed by atoms with E-state index in [9.17, 15) is 17.6 Å². The Morgan fingerprint density at radius 3 is 2.82 bits per heavy atom. The van der Waals surface area contributed by atoms with E-state index in [-0.39, 0.29) is 17.8 Å². The molecule has 0 radical (unpaired) electrons. The van der Waals surface area contributed by atoms with Gasteiger partial charge < -0.3 is 4.90 Å². The normalized spacial score (nSPS) is 19.5. The summed E-state index contributed by atoms with van der Waals surface area (Å²) in [4.78, 5) is 13.8. The number of halogens is 1. The Kier molecular flexibility index (Phi) is 4.97. The second-order valence-electron chi connectivity index (χ2n) is 5.50. The summed E-state index contributed by atoms with van der Waals surface area (Å²) >= 11 is 0. The van der Waals surface area contributed by atoms with E-state index in [1.807, 2.05) is 0 Å². The number of sulfonamides is 1. The molecule has 1 N–H and O–H groups in total. The van der Waals surface area contributed by atoms with Crippen LogP contribution in [0.2, 0.25) is 0 Å². The van der Waals surface area contributed by atoms with Gasteiger partial charge in [-0.2, -0.15) is 0 Å². The fourth-order valence-corrected chi connectivity index (χ4v) is 3.25. The summed E-state index contributed by atoms with van der Waals surface area (Å²) in [6.45, 7) is 2.59. The molecular weight excluding hydrogens is 307 g/mol. The van der Waals surface area contributed by atoms with Crippen LogP contribution in [-0.2, 0) is 14.8 Å². The Balaban J connectivity index is 2.02. The average molecular weight is 326 g/mol. The highest BCUT2D eigenvalue weighted by Crippen LogP contribution is 2.17.